The molecule has 2 fully saturated rings. The molecular formula is C33H37Cl2N5. The second-order valence-corrected chi connectivity index (χ2v) is 12.4. The van der Waals surface area contributed by atoms with Crippen LogP contribution in [0.2, 0.25) is 10.0 Å². The maximum absolute atomic E-state index is 6.22. The summed E-state index contributed by atoms with van der Waals surface area (Å²) < 4.78 is 0. The van der Waals surface area contributed by atoms with E-state index in [9.17, 15) is 0 Å². The van der Waals surface area contributed by atoms with E-state index in [4.69, 9.17) is 33.2 Å². The van der Waals surface area contributed by atoms with Crippen molar-refractivity contribution in [2.24, 2.45) is 11.8 Å². The van der Waals surface area contributed by atoms with E-state index < -0.39 is 0 Å². The van der Waals surface area contributed by atoms with Gasteiger partial charge in [-0.2, -0.15) is 0 Å². The van der Waals surface area contributed by atoms with Crippen LogP contribution in [-0.4, -0.2) is 59.0 Å². The second-order valence-electron chi connectivity index (χ2n) is 11.5. The molecule has 2 saturated heterocycles. The summed E-state index contributed by atoms with van der Waals surface area (Å²) in [5.74, 6) is 3.44. The van der Waals surface area contributed by atoms with Crippen molar-refractivity contribution < 1.29 is 0 Å². The normalized spacial score (nSPS) is 18.9. The van der Waals surface area contributed by atoms with E-state index in [2.05, 4.69) is 77.1 Å². The first kappa shape index (κ1) is 27.5. The van der Waals surface area contributed by atoms with Crippen molar-refractivity contribution in [3.8, 4) is 0 Å². The zero-order chi connectivity index (χ0) is 27.6. The smallest absolute Gasteiger partial charge is 0.145 e. The summed E-state index contributed by atoms with van der Waals surface area (Å²) in [5, 5.41) is 2.67. The van der Waals surface area contributed by atoms with Gasteiger partial charge in [-0.15, -0.1) is 0 Å². The van der Waals surface area contributed by atoms with E-state index in [0.29, 0.717) is 5.92 Å². The van der Waals surface area contributed by atoms with E-state index in [1.165, 1.54) is 17.5 Å². The van der Waals surface area contributed by atoms with Crippen LogP contribution in [0.4, 0.5) is 5.82 Å². The maximum atomic E-state index is 6.22. The molecule has 0 radical (unpaired) electrons. The molecule has 1 aromatic heterocycles. The molecule has 0 unspecified atom stereocenters. The predicted octanol–water partition coefficient (Wildman–Crippen LogP) is 7.33. The highest BCUT2D eigenvalue weighted by atomic mass is 35.5. The minimum atomic E-state index is 0.157. The van der Waals surface area contributed by atoms with Crippen molar-refractivity contribution in [3.05, 3.63) is 99.8 Å². The third-order valence-corrected chi connectivity index (χ3v) is 9.11. The minimum absolute atomic E-state index is 0.157. The van der Waals surface area contributed by atoms with Gasteiger partial charge in [-0.3, -0.25) is 9.80 Å². The molecule has 3 heterocycles. The Morgan fingerprint density at radius 3 is 2.00 bits per heavy atom. The van der Waals surface area contributed by atoms with Crippen molar-refractivity contribution in [2.45, 2.75) is 32.9 Å². The second kappa shape index (κ2) is 12.0. The SMILES string of the molecule is CC(C)[C@@H]1CCN(c2nc(CN3CCN(C(c4ccc(Cl)cc4)c4ccc(Cl)cc4)CC3)nc3ccccc23)C1. The highest BCUT2D eigenvalue weighted by Crippen LogP contribution is 2.33. The fraction of sp³-hybridized carbons (Fsp3) is 0.394. The van der Waals surface area contributed by atoms with E-state index in [1.54, 1.807) is 0 Å². The van der Waals surface area contributed by atoms with Gasteiger partial charge >= 0.3 is 0 Å². The number of aromatic nitrogens is 2. The third-order valence-electron chi connectivity index (χ3n) is 8.61. The Kier molecular flexibility index (Phi) is 8.27. The van der Waals surface area contributed by atoms with Crippen molar-refractivity contribution in [3.63, 3.8) is 0 Å². The first-order chi connectivity index (χ1) is 19.4. The van der Waals surface area contributed by atoms with Crippen LogP contribution in [0, 0.1) is 11.8 Å². The monoisotopic (exact) mass is 573 g/mol. The summed E-state index contributed by atoms with van der Waals surface area (Å²) in [4.78, 5) is 17.7. The van der Waals surface area contributed by atoms with Gasteiger partial charge in [0.2, 0.25) is 0 Å². The van der Waals surface area contributed by atoms with Crippen LogP contribution in [0.1, 0.15) is 43.3 Å². The van der Waals surface area contributed by atoms with Gasteiger partial charge in [-0.1, -0.05) is 73.4 Å². The summed E-state index contributed by atoms with van der Waals surface area (Å²) in [6, 6.07) is 25.1. The lowest BCUT2D eigenvalue weighted by molar-refractivity contribution is 0.103. The van der Waals surface area contributed by atoms with Gasteiger partial charge in [0.15, 0.2) is 0 Å². The number of rotatable bonds is 7. The summed E-state index contributed by atoms with van der Waals surface area (Å²) in [7, 11) is 0. The van der Waals surface area contributed by atoms with Crippen molar-refractivity contribution in [1.82, 2.24) is 19.8 Å². The topological polar surface area (TPSA) is 35.5 Å². The van der Waals surface area contributed by atoms with Crippen LogP contribution in [0.3, 0.4) is 0 Å². The number of benzene rings is 3. The molecule has 0 saturated carbocycles. The van der Waals surface area contributed by atoms with Crippen LogP contribution in [0.15, 0.2) is 72.8 Å². The quantitative estimate of drug-likeness (QED) is 0.231. The Balaban J connectivity index is 1.19. The lowest BCUT2D eigenvalue weighted by Gasteiger charge is -2.39. The average Bonchev–Trinajstić information content (AvgIpc) is 3.47. The standard InChI is InChI=1S/C33H37Cl2N5/c1-23(2)26-15-16-40(21-26)33-29-5-3-4-6-30(29)36-31(37-33)22-38-17-19-39(20-18-38)32(24-7-11-27(34)12-8-24)25-9-13-28(35)14-10-25/h3-14,23,26,32H,15-22H2,1-2H3/t26-/m1/s1. The van der Waals surface area contributed by atoms with Crippen LogP contribution in [0.5, 0.6) is 0 Å². The number of para-hydroxylation sites is 1. The van der Waals surface area contributed by atoms with Crippen molar-refractivity contribution in [2.75, 3.05) is 44.2 Å². The lowest BCUT2D eigenvalue weighted by Crippen LogP contribution is -2.47. The van der Waals surface area contributed by atoms with E-state index in [0.717, 1.165) is 84.3 Å². The Morgan fingerprint density at radius 2 is 1.40 bits per heavy atom. The highest BCUT2D eigenvalue weighted by molar-refractivity contribution is 6.30. The molecule has 3 aromatic carbocycles. The summed E-state index contributed by atoms with van der Waals surface area (Å²) in [6.07, 6.45) is 1.23. The van der Waals surface area contributed by atoms with Crippen LogP contribution in [-0.2, 0) is 6.54 Å². The van der Waals surface area contributed by atoms with Crippen molar-refractivity contribution in [1.29, 1.82) is 0 Å². The molecule has 0 amide bonds. The maximum Gasteiger partial charge on any atom is 0.145 e. The summed E-state index contributed by atoms with van der Waals surface area (Å²) in [5.41, 5.74) is 3.53. The number of hydrogen-bond donors (Lipinski definition) is 0. The number of halogens is 2. The fourth-order valence-electron chi connectivity index (χ4n) is 6.23. The van der Waals surface area contributed by atoms with Crippen LogP contribution < -0.4 is 4.90 Å². The van der Waals surface area contributed by atoms with E-state index >= 15 is 0 Å². The Hall–Kier alpha value is -2.70. The molecule has 40 heavy (non-hydrogen) atoms. The van der Waals surface area contributed by atoms with Gasteiger partial charge in [0.25, 0.3) is 0 Å². The van der Waals surface area contributed by atoms with Gasteiger partial charge in [0.05, 0.1) is 18.1 Å². The Bertz CT molecular complexity index is 1390. The minimum Gasteiger partial charge on any atom is -0.356 e. The number of nitrogens with zero attached hydrogens (tertiary/aromatic N) is 5. The van der Waals surface area contributed by atoms with Crippen LogP contribution >= 0.6 is 23.2 Å². The molecule has 0 aliphatic carbocycles. The van der Waals surface area contributed by atoms with Crippen molar-refractivity contribution >= 4 is 39.9 Å². The number of fused-ring (bicyclic) bond motifs is 1. The number of hydrogen-bond acceptors (Lipinski definition) is 5. The first-order valence-electron chi connectivity index (χ1n) is 14.4. The third kappa shape index (κ3) is 5.99. The average molecular weight is 575 g/mol. The molecule has 208 valence electrons. The Morgan fingerprint density at radius 1 is 0.775 bits per heavy atom. The van der Waals surface area contributed by atoms with Gasteiger partial charge in [-0.25, -0.2) is 9.97 Å². The Labute approximate surface area is 247 Å². The largest absolute Gasteiger partial charge is 0.356 e. The first-order valence-corrected chi connectivity index (χ1v) is 15.2. The molecule has 0 bridgehead atoms. The van der Waals surface area contributed by atoms with Gasteiger partial charge in [-0.05, 0) is 65.8 Å². The van der Waals surface area contributed by atoms with Gasteiger partial charge in [0.1, 0.15) is 11.6 Å². The summed E-state index contributed by atoms with van der Waals surface area (Å²) in [6.45, 7) is 11.4. The number of anilines is 1. The molecule has 6 rings (SSSR count). The van der Waals surface area contributed by atoms with E-state index in [-0.39, 0.29) is 6.04 Å². The molecule has 5 nitrogen and oxygen atoms in total. The molecule has 7 heteroatoms. The molecule has 4 aromatic rings. The van der Waals surface area contributed by atoms with Gasteiger partial charge in [0, 0.05) is 54.7 Å². The molecule has 2 aliphatic heterocycles. The highest BCUT2D eigenvalue weighted by Gasteiger charge is 2.29. The molecule has 0 spiro atoms. The number of piperazine rings is 1. The summed E-state index contributed by atoms with van der Waals surface area (Å²) >= 11 is 12.4. The van der Waals surface area contributed by atoms with E-state index in [1.807, 2.05) is 24.3 Å². The molecular weight excluding hydrogens is 537 g/mol. The fourth-order valence-corrected chi connectivity index (χ4v) is 6.48. The molecule has 0 N–H and O–H groups in total. The molecule has 1 atom stereocenters. The zero-order valence-corrected chi connectivity index (χ0v) is 24.8. The van der Waals surface area contributed by atoms with Gasteiger partial charge < -0.3 is 4.90 Å². The zero-order valence-electron chi connectivity index (χ0n) is 23.3. The lowest BCUT2D eigenvalue weighted by atomic mass is 9.95. The molecule has 2 aliphatic rings. The van der Waals surface area contributed by atoms with Crippen LogP contribution in [0.25, 0.3) is 10.9 Å². The predicted molar refractivity (Wildman–Crippen MR) is 166 cm³/mol.